The van der Waals surface area contributed by atoms with Gasteiger partial charge in [-0.15, -0.1) is 0 Å². The van der Waals surface area contributed by atoms with Crippen molar-refractivity contribution in [2.24, 2.45) is 23.2 Å². The van der Waals surface area contributed by atoms with Crippen LogP contribution in [0.2, 0.25) is 0 Å². The number of rotatable bonds is 7. The van der Waals surface area contributed by atoms with E-state index in [1.807, 2.05) is 6.92 Å². The number of amides is 1. The van der Waals surface area contributed by atoms with E-state index in [0.29, 0.717) is 38.0 Å². The number of hydrogen-bond donors (Lipinski definition) is 4. The Hall–Kier alpha value is -2.12. The number of aliphatic hydroxyl groups is 3. The summed E-state index contributed by atoms with van der Waals surface area (Å²) in [7, 11) is 4.82. The zero-order chi connectivity index (χ0) is 30.7. The molecule has 12 atom stereocenters. The minimum Gasteiger partial charge on any atom is -0.454 e. The van der Waals surface area contributed by atoms with Gasteiger partial charge >= 0.3 is 5.97 Å². The normalized spacial score (nSPS) is 49.1. The summed E-state index contributed by atoms with van der Waals surface area (Å²) in [5.74, 6) is -1.97. The molecule has 236 valence electrons. The van der Waals surface area contributed by atoms with E-state index in [1.54, 1.807) is 45.6 Å². The highest BCUT2D eigenvalue weighted by atomic mass is 16.6. The molecule has 0 radical (unpaired) electrons. The molecule has 4 N–H and O–H groups in total. The van der Waals surface area contributed by atoms with Gasteiger partial charge in [0, 0.05) is 64.4 Å². The van der Waals surface area contributed by atoms with Crippen molar-refractivity contribution < 1.29 is 43.9 Å². The first-order valence-electron chi connectivity index (χ1n) is 15.5. The summed E-state index contributed by atoms with van der Waals surface area (Å²) >= 11 is 0. The molecule has 11 heteroatoms. The number of carbonyl (C=O) groups excluding carboxylic acids is 2. The maximum Gasteiger partial charge on any atom is 0.340 e. The SMILES string of the molecule is CCN1C[C@]2(OC(=O)c3ccccc3NC(C)=O)CCC(OC)C34[C@@H]1[C@@](O)(C[C@@H]32)[C@@]1(O)C[C@H](OC)[C@@H]2C[C@@H]4[C@]1(O)C2OC. The Balaban J connectivity index is 1.41. The van der Waals surface area contributed by atoms with Gasteiger partial charge in [-0.1, -0.05) is 19.1 Å². The number of anilines is 1. The number of benzene rings is 1. The molecule has 5 aliphatic carbocycles. The van der Waals surface area contributed by atoms with Gasteiger partial charge in [0.2, 0.25) is 5.91 Å². The maximum atomic E-state index is 14.0. The first kappa shape index (κ1) is 29.6. The predicted molar refractivity (Wildman–Crippen MR) is 153 cm³/mol. The Morgan fingerprint density at radius 3 is 2.44 bits per heavy atom. The molecule has 6 aliphatic rings. The molecule has 1 heterocycles. The van der Waals surface area contributed by atoms with Crippen LogP contribution in [0.4, 0.5) is 5.69 Å². The number of ether oxygens (including phenoxy) is 4. The monoisotopic (exact) mass is 600 g/mol. The average Bonchev–Trinajstić information content (AvgIpc) is 3.36. The third-order valence-electron chi connectivity index (χ3n) is 12.7. The lowest BCUT2D eigenvalue weighted by molar-refractivity contribution is -0.369. The number of esters is 1. The lowest BCUT2D eigenvalue weighted by atomic mass is 9.43. The minimum absolute atomic E-state index is 0.0723. The van der Waals surface area contributed by atoms with Gasteiger partial charge in [0.05, 0.1) is 35.6 Å². The molecular formula is C32H44N2O9. The van der Waals surface area contributed by atoms with Crippen molar-refractivity contribution in [3.63, 3.8) is 0 Å². The Bertz CT molecular complexity index is 1340. The van der Waals surface area contributed by atoms with Crippen LogP contribution in [0.25, 0.3) is 0 Å². The minimum atomic E-state index is -1.93. The summed E-state index contributed by atoms with van der Waals surface area (Å²) in [6.07, 6.45) is 0.245. The van der Waals surface area contributed by atoms with Gasteiger partial charge in [0.15, 0.2) is 0 Å². The van der Waals surface area contributed by atoms with Crippen LogP contribution in [0.3, 0.4) is 0 Å². The van der Waals surface area contributed by atoms with Gasteiger partial charge in [-0.3, -0.25) is 9.69 Å². The number of methoxy groups -OCH3 is 3. The number of fused-ring (bicyclic) bond motifs is 2. The highest BCUT2D eigenvalue weighted by Crippen LogP contribution is 2.80. The molecule has 1 amide bonds. The lowest BCUT2D eigenvalue weighted by Gasteiger charge is -2.71. The second-order valence-electron chi connectivity index (χ2n) is 13.9. The largest absolute Gasteiger partial charge is 0.454 e. The zero-order valence-electron chi connectivity index (χ0n) is 25.5. The van der Waals surface area contributed by atoms with E-state index in [0.717, 1.165) is 0 Å². The Morgan fingerprint density at radius 2 is 1.79 bits per heavy atom. The molecule has 11 nitrogen and oxygen atoms in total. The van der Waals surface area contributed by atoms with Crippen LogP contribution in [0, 0.1) is 23.2 Å². The third kappa shape index (κ3) is 3.24. The van der Waals surface area contributed by atoms with Gasteiger partial charge in [-0.25, -0.2) is 4.79 Å². The van der Waals surface area contributed by atoms with Crippen molar-refractivity contribution in [3.05, 3.63) is 29.8 Å². The second-order valence-corrected chi connectivity index (χ2v) is 13.9. The van der Waals surface area contributed by atoms with E-state index < -0.39 is 63.9 Å². The molecule has 1 aromatic carbocycles. The van der Waals surface area contributed by atoms with Gasteiger partial charge in [0.1, 0.15) is 22.4 Å². The molecule has 0 aromatic heterocycles. The van der Waals surface area contributed by atoms with Crippen LogP contribution in [0.1, 0.15) is 56.3 Å². The van der Waals surface area contributed by atoms with Crippen molar-refractivity contribution >= 4 is 17.6 Å². The molecule has 7 rings (SSSR count). The quantitative estimate of drug-likeness (QED) is 0.338. The fraction of sp³-hybridized carbons (Fsp3) is 0.750. The van der Waals surface area contributed by atoms with Crippen LogP contribution in [0.5, 0.6) is 0 Å². The van der Waals surface area contributed by atoms with Crippen molar-refractivity contribution in [2.45, 2.75) is 92.7 Å². The van der Waals surface area contributed by atoms with Gasteiger partial charge in [-0.2, -0.15) is 0 Å². The lowest BCUT2D eigenvalue weighted by Crippen LogP contribution is -2.87. The van der Waals surface area contributed by atoms with Gasteiger partial charge in [0.25, 0.3) is 0 Å². The fourth-order valence-electron chi connectivity index (χ4n) is 11.6. The summed E-state index contributed by atoms with van der Waals surface area (Å²) in [4.78, 5) is 28.1. The number of hydrogen-bond acceptors (Lipinski definition) is 10. The van der Waals surface area contributed by atoms with Gasteiger partial charge in [-0.05, 0) is 44.4 Å². The Morgan fingerprint density at radius 1 is 1.05 bits per heavy atom. The Labute approximate surface area is 251 Å². The van der Waals surface area contributed by atoms with Gasteiger partial charge < -0.3 is 39.6 Å². The van der Waals surface area contributed by atoms with Crippen LogP contribution in [-0.2, 0) is 23.7 Å². The number of para-hydroxylation sites is 1. The average molecular weight is 601 g/mol. The second kappa shape index (κ2) is 9.45. The van der Waals surface area contributed by atoms with Crippen LogP contribution in [0.15, 0.2) is 24.3 Å². The summed E-state index contributed by atoms with van der Waals surface area (Å²) in [5.41, 5.74) is -6.72. The van der Waals surface area contributed by atoms with E-state index in [4.69, 9.17) is 18.9 Å². The fourth-order valence-corrected chi connectivity index (χ4v) is 11.6. The predicted octanol–water partition coefficient (Wildman–Crippen LogP) is 1.34. The first-order chi connectivity index (χ1) is 20.4. The topological polar surface area (TPSA) is 147 Å². The number of likely N-dealkylation sites (tertiary alicyclic amines) is 1. The molecular weight excluding hydrogens is 556 g/mol. The molecule has 1 spiro atoms. The molecule has 5 saturated carbocycles. The van der Waals surface area contributed by atoms with Crippen LogP contribution < -0.4 is 5.32 Å². The number of nitrogens with zero attached hydrogens (tertiary/aromatic N) is 1. The van der Waals surface area contributed by atoms with Crippen molar-refractivity contribution in [2.75, 3.05) is 39.7 Å². The van der Waals surface area contributed by atoms with Crippen molar-refractivity contribution in [1.82, 2.24) is 4.90 Å². The number of likely N-dealkylation sites (N-methyl/N-ethyl adjacent to an activating group) is 1. The van der Waals surface area contributed by atoms with Crippen LogP contribution >= 0.6 is 0 Å². The molecule has 7 bridgehead atoms. The number of carbonyl (C=O) groups is 2. The summed E-state index contributed by atoms with van der Waals surface area (Å²) in [5, 5.41) is 41.5. The standard InChI is InChI=1S/C32H44N2O9/c1-6-34-16-28(43-26(36)18-9-7-8-10-20(18)33-17(2)35)12-11-24(41-4)31-22-13-19-21(40-3)14-30(38,32(22,39)25(19)42-5)29(37,27(31)34)15-23(28)31/h7-10,19,21-25,27,37-39H,6,11-16H2,1-5H3,(H,33,35)/t19-,21-,22-,23+,24?,25?,27-,28+,29-,30-,31?,32-/m0/s1. The summed E-state index contributed by atoms with van der Waals surface area (Å²) in [6, 6.07) is 6.23. The van der Waals surface area contributed by atoms with E-state index in [2.05, 4.69) is 10.2 Å². The highest BCUT2D eigenvalue weighted by molar-refractivity contribution is 6.00. The molecule has 6 fully saturated rings. The third-order valence-corrected chi connectivity index (χ3v) is 12.7. The van der Waals surface area contributed by atoms with E-state index in [9.17, 15) is 24.9 Å². The first-order valence-corrected chi connectivity index (χ1v) is 15.5. The molecule has 43 heavy (non-hydrogen) atoms. The number of piperidine rings is 1. The maximum absolute atomic E-state index is 14.0. The van der Waals surface area contributed by atoms with Crippen molar-refractivity contribution in [1.29, 1.82) is 0 Å². The number of nitrogens with one attached hydrogen (secondary N) is 1. The summed E-state index contributed by atoms with van der Waals surface area (Å²) < 4.78 is 24.8. The molecule has 3 unspecified atom stereocenters. The molecule has 1 saturated heterocycles. The summed E-state index contributed by atoms with van der Waals surface area (Å²) in [6.45, 7) is 4.30. The highest BCUT2D eigenvalue weighted by Gasteiger charge is 2.93. The van der Waals surface area contributed by atoms with E-state index >= 15 is 0 Å². The Kier molecular flexibility index (Phi) is 6.50. The van der Waals surface area contributed by atoms with Crippen molar-refractivity contribution in [3.8, 4) is 0 Å². The molecule has 1 aliphatic heterocycles. The molecule has 1 aromatic rings. The van der Waals surface area contributed by atoms with Crippen LogP contribution in [-0.4, -0.2) is 113 Å². The van der Waals surface area contributed by atoms with E-state index in [-0.39, 0.29) is 36.3 Å². The smallest absolute Gasteiger partial charge is 0.340 e. The van der Waals surface area contributed by atoms with E-state index in [1.165, 1.54) is 6.92 Å². The zero-order valence-corrected chi connectivity index (χ0v) is 25.5.